The van der Waals surface area contributed by atoms with Gasteiger partial charge in [0.15, 0.2) is 0 Å². The molecule has 76 valence electrons. The maximum Gasteiger partial charge on any atom is 0.272 e. The third-order valence-corrected chi connectivity index (χ3v) is 2.84. The second-order valence-corrected chi connectivity index (χ2v) is 4.13. The Morgan fingerprint density at radius 3 is 2.50 bits per heavy atom. The Kier molecular flexibility index (Phi) is 2.00. The van der Waals surface area contributed by atoms with E-state index >= 15 is 0 Å². The minimum Gasteiger partial charge on any atom is -0.316 e. The molecule has 2 rings (SSSR count). The number of hydrogen-bond donors (Lipinski definition) is 1. The molecule has 0 aliphatic heterocycles. The van der Waals surface area contributed by atoms with Crippen LogP contribution in [0.3, 0.4) is 0 Å². The summed E-state index contributed by atoms with van der Waals surface area (Å²) in [7, 11) is 0. The number of pyridine rings is 1. The Hall–Kier alpha value is -0.450. The van der Waals surface area contributed by atoms with Gasteiger partial charge in [0, 0.05) is 18.2 Å². The van der Waals surface area contributed by atoms with Crippen LogP contribution in [-0.4, -0.2) is 10.9 Å². The summed E-state index contributed by atoms with van der Waals surface area (Å²) < 4.78 is 25.9. The molecular formula is C8H6Cl2F2N2. The molecule has 14 heavy (non-hydrogen) atoms. The van der Waals surface area contributed by atoms with Gasteiger partial charge in [-0.15, -0.1) is 0 Å². The lowest BCUT2D eigenvalue weighted by molar-refractivity contribution is 0.0891. The lowest BCUT2D eigenvalue weighted by Gasteiger charge is -2.12. The number of nitrogens with zero attached hydrogens (tertiary/aromatic N) is 1. The molecule has 0 aromatic carbocycles. The number of alkyl halides is 2. The molecule has 1 unspecified atom stereocenters. The Bertz CT molecular complexity index is 397. The van der Waals surface area contributed by atoms with Crippen LogP contribution in [-0.2, 0) is 5.54 Å². The molecule has 1 saturated carbocycles. The fourth-order valence-corrected chi connectivity index (χ4v) is 1.78. The number of hydrogen-bond acceptors (Lipinski definition) is 2. The number of nitrogens with two attached hydrogens (primary N) is 1. The molecule has 2 nitrogen and oxygen atoms in total. The summed E-state index contributed by atoms with van der Waals surface area (Å²) in [6.07, 6.45) is 0.822. The molecule has 0 bridgehead atoms. The lowest BCUT2D eigenvalue weighted by atomic mass is 10.1. The maximum atomic E-state index is 12.9. The Labute approximate surface area is 89.0 Å². The van der Waals surface area contributed by atoms with Crippen LogP contribution >= 0.6 is 23.2 Å². The van der Waals surface area contributed by atoms with Crippen LogP contribution in [0.25, 0.3) is 0 Å². The second-order valence-electron chi connectivity index (χ2n) is 3.34. The normalized spacial score (nSPS) is 28.9. The predicted octanol–water partition coefficient (Wildman–Crippen LogP) is 2.58. The van der Waals surface area contributed by atoms with Gasteiger partial charge in [0.2, 0.25) is 0 Å². The number of rotatable bonds is 1. The van der Waals surface area contributed by atoms with Crippen molar-refractivity contribution in [3.63, 3.8) is 0 Å². The van der Waals surface area contributed by atoms with Crippen molar-refractivity contribution in [2.45, 2.75) is 17.9 Å². The molecule has 0 radical (unpaired) electrons. The smallest absolute Gasteiger partial charge is 0.272 e. The standard InChI is InChI=1S/C8H6Cl2F2N2/c9-5-2-14-6(10)1-4(5)7(13)3-8(7,11)12/h1-2H,3,13H2. The Morgan fingerprint density at radius 1 is 1.43 bits per heavy atom. The first-order valence-electron chi connectivity index (χ1n) is 3.85. The van der Waals surface area contributed by atoms with Crippen molar-refractivity contribution in [1.82, 2.24) is 4.98 Å². The first kappa shape index (κ1) is 10.1. The van der Waals surface area contributed by atoms with E-state index in [4.69, 9.17) is 28.9 Å². The van der Waals surface area contributed by atoms with Crippen molar-refractivity contribution in [1.29, 1.82) is 0 Å². The van der Waals surface area contributed by atoms with E-state index in [1.165, 1.54) is 12.3 Å². The van der Waals surface area contributed by atoms with Crippen LogP contribution in [0.2, 0.25) is 10.2 Å². The fraction of sp³-hybridized carbons (Fsp3) is 0.375. The van der Waals surface area contributed by atoms with Crippen LogP contribution in [0.4, 0.5) is 8.78 Å². The molecule has 6 heteroatoms. The van der Waals surface area contributed by atoms with E-state index in [0.717, 1.165) is 0 Å². The van der Waals surface area contributed by atoms with Crippen LogP contribution < -0.4 is 5.73 Å². The highest BCUT2D eigenvalue weighted by molar-refractivity contribution is 6.32. The summed E-state index contributed by atoms with van der Waals surface area (Å²) in [6, 6.07) is 1.28. The lowest BCUT2D eigenvalue weighted by Crippen LogP contribution is -2.27. The van der Waals surface area contributed by atoms with Crippen LogP contribution in [0.15, 0.2) is 12.3 Å². The van der Waals surface area contributed by atoms with Crippen LogP contribution in [0, 0.1) is 0 Å². The third-order valence-electron chi connectivity index (χ3n) is 2.33. The van der Waals surface area contributed by atoms with Gasteiger partial charge in [-0.05, 0) is 6.07 Å². The zero-order valence-corrected chi connectivity index (χ0v) is 8.41. The van der Waals surface area contributed by atoms with Gasteiger partial charge in [-0.25, -0.2) is 13.8 Å². The zero-order chi connectivity index (χ0) is 10.6. The molecule has 1 aromatic heterocycles. The summed E-state index contributed by atoms with van der Waals surface area (Å²) in [5.41, 5.74) is 3.98. The summed E-state index contributed by atoms with van der Waals surface area (Å²) in [5.74, 6) is -2.90. The number of aromatic nitrogens is 1. The van der Waals surface area contributed by atoms with E-state index in [1.807, 2.05) is 0 Å². The van der Waals surface area contributed by atoms with Gasteiger partial charge in [-0.2, -0.15) is 0 Å². The van der Waals surface area contributed by atoms with Crippen molar-refractivity contribution in [2.75, 3.05) is 0 Å². The summed E-state index contributed by atoms with van der Waals surface area (Å²) >= 11 is 11.3. The average Bonchev–Trinajstić information content (AvgIpc) is 2.58. The molecule has 1 atom stereocenters. The van der Waals surface area contributed by atoms with E-state index in [2.05, 4.69) is 4.98 Å². The molecule has 1 aromatic rings. The van der Waals surface area contributed by atoms with Gasteiger partial charge < -0.3 is 5.73 Å². The second kappa shape index (κ2) is 2.78. The molecular weight excluding hydrogens is 233 g/mol. The van der Waals surface area contributed by atoms with E-state index < -0.39 is 17.9 Å². The molecule has 0 spiro atoms. The van der Waals surface area contributed by atoms with Gasteiger partial charge in [-0.3, -0.25) is 0 Å². The predicted molar refractivity (Wildman–Crippen MR) is 49.7 cm³/mol. The van der Waals surface area contributed by atoms with Crippen LogP contribution in [0.1, 0.15) is 12.0 Å². The largest absolute Gasteiger partial charge is 0.316 e. The Balaban J connectivity index is 2.48. The van der Waals surface area contributed by atoms with Crippen molar-refractivity contribution >= 4 is 23.2 Å². The molecule has 1 aliphatic rings. The first-order valence-corrected chi connectivity index (χ1v) is 4.61. The van der Waals surface area contributed by atoms with Crippen LogP contribution in [0.5, 0.6) is 0 Å². The Morgan fingerprint density at radius 2 is 2.00 bits per heavy atom. The minimum absolute atomic E-state index is 0.108. The molecule has 2 N–H and O–H groups in total. The molecule has 0 amide bonds. The molecule has 1 fully saturated rings. The van der Waals surface area contributed by atoms with Crippen molar-refractivity contribution in [3.8, 4) is 0 Å². The number of halogens is 4. The highest BCUT2D eigenvalue weighted by atomic mass is 35.5. The third kappa shape index (κ3) is 1.29. The quantitative estimate of drug-likeness (QED) is 0.765. The van der Waals surface area contributed by atoms with E-state index in [9.17, 15) is 8.78 Å². The molecule has 1 heterocycles. The monoisotopic (exact) mass is 238 g/mol. The van der Waals surface area contributed by atoms with Gasteiger partial charge in [0.1, 0.15) is 10.7 Å². The molecule has 0 saturated heterocycles. The van der Waals surface area contributed by atoms with Gasteiger partial charge in [0.25, 0.3) is 5.92 Å². The minimum atomic E-state index is -2.90. The molecule has 1 aliphatic carbocycles. The van der Waals surface area contributed by atoms with Gasteiger partial charge in [-0.1, -0.05) is 23.2 Å². The highest BCUT2D eigenvalue weighted by Crippen LogP contribution is 2.58. The summed E-state index contributed by atoms with van der Waals surface area (Å²) in [6.45, 7) is 0. The topological polar surface area (TPSA) is 38.9 Å². The van der Waals surface area contributed by atoms with Crippen molar-refractivity contribution in [2.24, 2.45) is 5.73 Å². The summed E-state index contributed by atoms with van der Waals surface area (Å²) in [4.78, 5) is 3.66. The van der Waals surface area contributed by atoms with E-state index in [0.29, 0.717) is 0 Å². The zero-order valence-electron chi connectivity index (χ0n) is 6.90. The fourth-order valence-electron chi connectivity index (χ4n) is 1.35. The van der Waals surface area contributed by atoms with Crippen molar-refractivity contribution < 1.29 is 8.78 Å². The van der Waals surface area contributed by atoms with E-state index in [1.54, 1.807) is 0 Å². The van der Waals surface area contributed by atoms with E-state index in [-0.39, 0.29) is 15.7 Å². The van der Waals surface area contributed by atoms with Gasteiger partial charge in [0.05, 0.1) is 5.02 Å². The SMILES string of the molecule is NC1(c2cc(Cl)ncc2Cl)CC1(F)F. The van der Waals surface area contributed by atoms with Gasteiger partial charge >= 0.3 is 0 Å². The average molecular weight is 239 g/mol. The highest BCUT2D eigenvalue weighted by Gasteiger charge is 2.70. The van der Waals surface area contributed by atoms with Crippen molar-refractivity contribution in [3.05, 3.63) is 28.0 Å². The summed E-state index contributed by atoms with van der Waals surface area (Å²) in [5, 5.41) is 0.228. The maximum absolute atomic E-state index is 12.9. The first-order chi connectivity index (χ1) is 6.37.